The number of aryl methyl sites for hydroxylation is 1. The fraction of sp³-hybridized carbons (Fsp3) is 0.296. The predicted molar refractivity (Wildman–Crippen MR) is 137 cm³/mol. The van der Waals surface area contributed by atoms with Crippen LogP contribution in [-0.2, 0) is 7.05 Å². The number of aromatic nitrogens is 3. The minimum absolute atomic E-state index is 0.112. The molecule has 1 N–H and O–H groups in total. The Labute approximate surface area is 209 Å². The van der Waals surface area contributed by atoms with Crippen LogP contribution >= 0.6 is 0 Å². The van der Waals surface area contributed by atoms with Gasteiger partial charge in [-0.2, -0.15) is 0 Å². The molecular weight excluding hydrogens is 459 g/mol. The zero-order valence-electron chi connectivity index (χ0n) is 20.6. The van der Waals surface area contributed by atoms with Gasteiger partial charge in [0.2, 0.25) is 5.95 Å². The van der Waals surface area contributed by atoms with E-state index >= 15 is 0 Å². The Hall–Kier alpha value is -3.98. The first kappa shape index (κ1) is 23.7. The van der Waals surface area contributed by atoms with E-state index in [1.54, 1.807) is 41.4 Å². The highest BCUT2D eigenvalue weighted by Gasteiger charge is 2.25. The largest absolute Gasteiger partial charge is 0.457 e. The summed E-state index contributed by atoms with van der Waals surface area (Å²) in [5, 5.41) is 3.04. The summed E-state index contributed by atoms with van der Waals surface area (Å²) < 4.78 is 22.0. The van der Waals surface area contributed by atoms with Crippen molar-refractivity contribution in [3.05, 3.63) is 72.3 Å². The summed E-state index contributed by atoms with van der Waals surface area (Å²) >= 11 is 0. The van der Waals surface area contributed by atoms with Crippen LogP contribution in [0.2, 0.25) is 0 Å². The number of fused-ring (bicyclic) bond motifs is 1. The van der Waals surface area contributed by atoms with Crippen molar-refractivity contribution in [2.45, 2.75) is 18.9 Å². The second-order valence-corrected chi connectivity index (χ2v) is 9.18. The molecule has 0 radical (unpaired) electrons. The first-order valence-corrected chi connectivity index (χ1v) is 12.0. The van der Waals surface area contributed by atoms with Crippen molar-refractivity contribution in [1.29, 1.82) is 0 Å². The number of pyridine rings is 1. The number of rotatable bonds is 6. The van der Waals surface area contributed by atoms with E-state index in [0.717, 1.165) is 31.4 Å². The molecule has 0 saturated carbocycles. The molecule has 1 aliphatic rings. The quantitative estimate of drug-likeness (QED) is 0.420. The van der Waals surface area contributed by atoms with Crippen molar-refractivity contribution < 1.29 is 13.9 Å². The van der Waals surface area contributed by atoms with Crippen molar-refractivity contribution in [3.63, 3.8) is 0 Å². The second-order valence-electron chi connectivity index (χ2n) is 9.18. The molecule has 0 unspecified atom stereocenters. The van der Waals surface area contributed by atoms with E-state index in [2.05, 4.69) is 27.2 Å². The number of amides is 1. The van der Waals surface area contributed by atoms with Gasteiger partial charge in [0.05, 0.1) is 16.7 Å². The SMILES string of the molecule is CN1CCC(N(C)C(=O)c2cc(Oc3ccc4c(c3)nc(Nc3ccccc3F)n4C)ccn2)CC1. The van der Waals surface area contributed by atoms with Crippen LogP contribution in [0, 0.1) is 5.82 Å². The van der Waals surface area contributed by atoms with Gasteiger partial charge in [-0.15, -0.1) is 0 Å². The van der Waals surface area contributed by atoms with Crippen LogP contribution in [0.25, 0.3) is 11.0 Å². The molecule has 5 rings (SSSR count). The smallest absolute Gasteiger partial charge is 0.272 e. The molecule has 0 bridgehead atoms. The van der Waals surface area contributed by atoms with Crippen LogP contribution < -0.4 is 10.1 Å². The van der Waals surface area contributed by atoms with Crippen molar-refractivity contribution in [2.75, 3.05) is 32.5 Å². The third kappa shape index (κ3) is 4.87. The Morgan fingerprint density at radius 2 is 1.83 bits per heavy atom. The number of likely N-dealkylation sites (tertiary alicyclic amines) is 1. The summed E-state index contributed by atoms with van der Waals surface area (Å²) in [5.74, 6) is 1.15. The molecule has 0 aliphatic carbocycles. The van der Waals surface area contributed by atoms with Crippen LogP contribution in [-0.4, -0.2) is 63.5 Å². The molecule has 3 heterocycles. The second kappa shape index (κ2) is 9.94. The van der Waals surface area contributed by atoms with Gasteiger partial charge >= 0.3 is 0 Å². The first-order valence-electron chi connectivity index (χ1n) is 12.0. The summed E-state index contributed by atoms with van der Waals surface area (Å²) in [6, 6.07) is 15.6. The number of hydrogen-bond acceptors (Lipinski definition) is 6. The normalized spacial score (nSPS) is 14.7. The average Bonchev–Trinajstić information content (AvgIpc) is 3.19. The lowest BCUT2D eigenvalue weighted by Gasteiger charge is -2.34. The van der Waals surface area contributed by atoms with Gasteiger partial charge in [-0.1, -0.05) is 12.1 Å². The number of ether oxygens (including phenoxy) is 1. The standard InChI is InChI=1S/C27H29FN6O2/c1-32-14-11-18(12-15-32)33(2)26(35)24-17-20(10-13-29-24)36-19-8-9-25-23(16-19)31-27(34(25)3)30-22-7-5-4-6-21(22)28/h4-10,13,16-18H,11-12,14-15H2,1-3H3,(H,30,31). The number of hydrogen-bond donors (Lipinski definition) is 1. The maximum atomic E-state index is 14.1. The number of carbonyl (C=O) groups excluding carboxylic acids is 1. The Morgan fingerprint density at radius 3 is 2.61 bits per heavy atom. The van der Waals surface area contributed by atoms with Crippen LogP contribution in [0.15, 0.2) is 60.8 Å². The predicted octanol–water partition coefficient (Wildman–Crippen LogP) is 4.81. The van der Waals surface area contributed by atoms with Crippen molar-refractivity contribution in [3.8, 4) is 11.5 Å². The lowest BCUT2D eigenvalue weighted by Crippen LogP contribution is -2.44. The van der Waals surface area contributed by atoms with Gasteiger partial charge in [-0.25, -0.2) is 9.37 Å². The van der Waals surface area contributed by atoms with E-state index in [4.69, 9.17) is 4.74 Å². The summed E-state index contributed by atoms with van der Waals surface area (Å²) in [5.41, 5.74) is 2.27. The first-order chi connectivity index (χ1) is 17.4. The number of imidazole rings is 1. The van der Waals surface area contributed by atoms with Crippen molar-refractivity contribution >= 4 is 28.6 Å². The number of benzene rings is 2. The van der Waals surface area contributed by atoms with E-state index in [1.807, 2.05) is 36.9 Å². The molecule has 1 fully saturated rings. The van der Waals surface area contributed by atoms with Gasteiger partial charge in [0.1, 0.15) is 23.0 Å². The number of piperidine rings is 1. The lowest BCUT2D eigenvalue weighted by atomic mass is 10.0. The highest BCUT2D eigenvalue weighted by Crippen LogP contribution is 2.29. The maximum Gasteiger partial charge on any atom is 0.272 e. The highest BCUT2D eigenvalue weighted by atomic mass is 19.1. The Balaban J connectivity index is 1.32. The van der Waals surface area contributed by atoms with E-state index in [0.29, 0.717) is 34.3 Å². The third-order valence-electron chi connectivity index (χ3n) is 6.71. The van der Waals surface area contributed by atoms with Crippen LogP contribution in [0.4, 0.5) is 16.0 Å². The summed E-state index contributed by atoms with van der Waals surface area (Å²) in [4.78, 5) is 26.0. The number of halogens is 1. The van der Waals surface area contributed by atoms with Gasteiger partial charge in [0.25, 0.3) is 5.91 Å². The summed E-state index contributed by atoms with van der Waals surface area (Å²) in [7, 11) is 5.80. The van der Waals surface area contributed by atoms with E-state index in [9.17, 15) is 9.18 Å². The number of nitrogens with one attached hydrogen (secondary N) is 1. The van der Waals surface area contributed by atoms with E-state index < -0.39 is 0 Å². The maximum absolute atomic E-state index is 14.1. The lowest BCUT2D eigenvalue weighted by molar-refractivity contribution is 0.0653. The zero-order valence-corrected chi connectivity index (χ0v) is 20.6. The molecule has 1 aliphatic heterocycles. The molecular formula is C27H29FN6O2. The molecule has 2 aromatic carbocycles. The minimum atomic E-state index is -0.349. The molecule has 0 spiro atoms. The Bertz CT molecular complexity index is 1400. The molecule has 2 aromatic heterocycles. The van der Waals surface area contributed by atoms with Crippen LogP contribution in [0.3, 0.4) is 0 Å². The molecule has 1 amide bonds. The average molecular weight is 489 g/mol. The molecule has 186 valence electrons. The Morgan fingerprint density at radius 1 is 1.08 bits per heavy atom. The highest BCUT2D eigenvalue weighted by molar-refractivity contribution is 5.92. The monoisotopic (exact) mass is 488 g/mol. The zero-order chi connectivity index (χ0) is 25.2. The number of carbonyl (C=O) groups is 1. The van der Waals surface area contributed by atoms with Crippen molar-refractivity contribution in [2.24, 2.45) is 7.05 Å². The van der Waals surface area contributed by atoms with E-state index in [1.165, 1.54) is 6.07 Å². The molecule has 8 nitrogen and oxygen atoms in total. The fourth-order valence-electron chi connectivity index (χ4n) is 4.49. The van der Waals surface area contributed by atoms with Crippen molar-refractivity contribution in [1.82, 2.24) is 24.3 Å². The number of para-hydroxylation sites is 1. The fourth-order valence-corrected chi connectivity index (χ4v) is 4.49. The van der Waals surface area contributed by atoms with Gasteiger partial charge < -0.3 is 24.4 Å². The van der Waals surface area contributed by atoms with Gasteiger partial charge in [0.15, 0.2) is 0 Å². The van der Waals surface area contributed by atoms with Gasteiger partial charge in [-0.05, 0) is 63.3 Å². The van der Waals surface area contributed by atoms with Crippen LogP contribution in [0.1, 0.15) is 23.3 Å². The summed E-state index contributed by atoms with van der Waals surface area (Å²) in [6.45, 7) is 1.96. The van der Waals surface area contributed by atoms with E-state index in [-0.39, 0.29) is 17.8 Å². The van der Waals surface area contributed by atoms with Gasteiger partial charge in [-0.3, -0.25) is 9.78 Å². The molecule has 4 aromatic rings. The molecule has 1 saturated heterocycles. The number of nitrogens with zero attached hydrogens (tertiary/aromatic N) is 5. The third-order valence-corrected chi connectivity index (χ3v) is 6.71. The summed E-state index contributed by atoms with van der Waals surface area (Å²) in [6.07, 6.45) is 3.49. The Kier molecular flexibility index (Phi) is 6.56. The van der Waals surface area contributed by atoms with Gasteiger partial charge in [0, 0.05) is 38.5 Å². The molecule has 9 heteroatoms. The molecule has 36 heavy (non-hydrogen) atoms. The minimum Gasteiger partial charge on any atom is -0.457 e. The molecule has 0 atom stereocenters. The number of anilines is 2. The topological polar surface area (TPSA) is 75.5 Å². The van der Waals surface area contributed by atoms with Crippen LogP contribution in [0.5, 0.6) is 11.5 Å².